The second-order valence-electron chi connectivity index (χ2n) is 5.43. The molecule has 0 bridgehead atoms. The number of unbranched alkanes of at least 4 members (excludes halogenated alkanes) is 6. The SMILES string of the molecule is CCCCCCCCCC(=O)OC(=O)C(N)C(C)C.[H-].[Na+]. The standard InChI is InChI=1S/C15H29NO3.Na.H/c1-4-5-6-7-8-9-10-11-13(17)19-15(18)14(16)12(2)3;;/h12,14H,4-11,16H2,1-3H3;;/q;+1;-1. The van der Waals surface area contributed by atoms with Crippen molar-refractivity contribution in [1.29, 1.82) is 0 Å². The first-order chi connectivity index (χ1) is 8.99. The Morgan fingerprint density at radius 3 is 2.05 bits per heavy atom. The Balaban J connectivity index is -0.00000162. The van der Waals surface area contributed by atoms with Crippen molar-refractivity contribution in [3.8, 4) is 0 Å². The predicted molar refractivity (Wildman–Crippen MR) is 77.6 cm³/mol. The Morgan fingerprint density at radius 2 is 1.55 bits per heavy atom. The summed E-state index contributed by atoms with van der Waals surface area (Å²) in [5.74, 6) is -1.07. The number of carbonyl (C=O) groups excluding carboxylic acids is 2. The molecule has 0 aromatic carbocycles. The second-order valence-corrected chi connectivity index (χ2v) is 5.43. The molecule has 0 aromatic heterocycles. The van der Waals surface area contributed by atoms with Crippen LogP contribution in [0.5, 0.6) is 0 Å². The van der Waals surface area contributed by atoms with Gasteiger partial charge in [-0.25, -0.2) is 4.79 Å². The molecule has 4 nitrogen and oxygen atoms in total. The number of nitrogens with two attached hydrogens (primary N) is 1. The number of esters is 2. The van der Waals surface area contributed by atoms with Crippen LogP contribution in [0.4, 0.5) is 0 Å². The van der Waals surface area contributed by atoms with Crippen molar-refractivity contribution >= 4 is 11.9 Å². The van der Waals surface area contributed by atoms with Gasteiger partial charge in [0.15, 0.2) is 0 Å². The van der Waals surface area contributed by atoms with E-state index >= 15 is 0 Å². The van der Waals surface area contributed by atoms with Gasteiger partial charge in [0.1, 0.15) is 6.04 Å². The Hall–Kier alpha value is 0.1000. The topological polar surface area (TPSA) is 69.4 Å². The Bertz CT molecular complexity index is 276. The van der Waals surface area contributed by atoms with E-state index in [0.29, 0.717) is 6.42 Å². The van der Waals surface area contributed by atoms with E-state index in [0.717, 1.165) is 19.3 Å². The third-order valence-electron chi connectivity index (χ3n) is 3.19. The molecule has 0 radical (unpaired) electrons. The molecule has 0 saturated heterocycles. The van der Waals surface area contributed by atoms with Crippen LogP contribution in [0.3, 0.4) is 0 Å². The van der Waals surface area contributed by atoms with E-state index in [-0.39, 0.29) is 36.9 Å². The van der Waals surface area contributed by atoms with Crippen molar-refractivity contribution in [2.45, 2.75) is 78.2 Å². The molecule has 20 heavy (non-hydrogen) atoms. The molecule has 0 amide bonds. The van der Waals surface area contributed by atoms with E-state index in [2.05, 4.69) is 6.92 Å². The summed E-state index contributed by atoms with van der Waals surface area (Å²) < 4.78 is 4.72. The van der Waals surface area contributed by atoms with Crippen LogP contribution in [0.25, 0.3) is 0 Å². The van der Waals surface area contributed by atoms with Gasteiger partial charge in [0.2, 0.25) is 0 Å². The van der Waals surface area contributed by atoms with Crippen molar-refractivity contribution in [2.75, 3.05) is 0 Å². The van der Waals surface area contributed by atoms with Gasteiger partial charge in [-0.05, 0) is 12.3 Å². The molecule has 1 atom stereocenters. The smallest absolute Gasteiger partial charge is 1.00 e. The van der Waals surface area contributed by atoms with Crippen molar-refractivity contribution in [3.63, 3.8) is 0 Å². The van der Waals surface area contributed by atoms with E-state index in [9.17, 15) is 9.59 Å². The molecule has 0 aliphatic rings. The molecule has 1 unspecified atom stereocenters. The Morgan fingerprint density at radius 1 is 1.05 bits per heavy atom. The van der Waals surface area contributed by atoms with Crippen LogP contribution in [0, 0.1) is 5.92 Å². The molecule has 0 fully saturated rings. The van der Waals surface area contributed by atoms with E-state index in [1.807, 2.05) is 13.8 Å². The van der Waals surface area contributed by atoms with Crippen molar-refractivity contribution in [3.05, 3.63) is 0 Å². The molecule has 0 rings (SSSR count). The van der Waals surface area contributed by atoms with Crippen LogP contribution in [0.1, 0.15) is 73.6 Å². The molecule has 0 heterocycles. The van der Waals surface area contributed by atoms with Crippen LogP contribution in [-0.4, -0.2) is 18.0 Å². The molecule has 2 N–H and O–H groups in total. The van der Waals surface area contributed by atoms with Gasteiger partial charge in [-0.1, -0.05) is 59.3 Å². The molecule has 0 aliphatic heterocycles. The zero-order chi connectivity index (χ0) is 14.7. The van der Waals surface area contributed by atoms with E-state index < -0.39 is 18.0 Å². The van der Waals surface area contributed by atoms with Gasteiger partial charge < -0.3 is 11.9 Å². The molecule has 0 aliphatic carbocycles. The third kappa shape index (κ3) is 11.9. The summed E-state index contributed by atoms with van der Waals surface area (Å²) in [4.78, 5) is 22.9. The van der Waals surface area contributed by atoms with Gasteiger partial charge in [-0.15, -0.1) is 0 Å². The quantitative estimate of drug-likeness (QED) is 0.272. The van der Waals surface area contributed by atoms with Crippen molar-refractivity contribution in [1.82, 2.24) is 0 Å². The maximum atomic E-state index is 11.4. The van der Waals surface area contributed by atoms with Gasteiger partial charge in [-0.3, -0.25) is 4.79 Å². The number of hydrogen-bond donors (Lipinski definition) is 1. The zero-order valence-corrected chi connectivity index (χ0v) is 15.6. The van der Waals surface area contributed by atoms with Crippen LogP contribution < -0.4 is 35.3 Å². The van der Waals surface area contributed by atoms with Crippen LogP contribution >= 0.6 is 0 Å². The maximum Gasteiger partial charge on any atom is 1.00 e. The van der Waals surface area contributed by atoms with E-state index in [4.69, 9.17) is 10.5 Å². The van der Waals surface area contributed by atoms with Crippen molar-refractivity contribution in [2.24, 2.45) is 11.7 Å². The summed E-state index contributed by atoms with van der Waals surface area (Å²) >= 11 is 0. The normalized spacial score (nSPS) is 11.8. The van der Waals surface area contributed by atoms with Gasteiger partial charge in [-0.2, -0.15) is 0 Å². The van der Waals surface area contributed by atoms with Gasteiger partial charge in [0, 0.05) is 6.42 Å². The first-order valence-corrected chi connectivity index (χ1v) is 7.49. The number of rotatable bonds is 10. The van der Waals surface area contributed by atoms with E-state index in [1.54, 1.807) is 0 Å². The number of carbonyl (C=O) groups is 2. The number of ether oxygens (including phenoxy) is 1. The third-order valence-corrected chi connectivity index (χ3v) is 3.19. The van der Waals surface area contributed by atoms with E-state index in [1.165, 1.54) is 25.7 Å². The van der Waals surface area contributed by atoms with Crippen LogP contribution in [-0.2, 0) is 14.3 Å². The first kappa shape index (κ1) is 22.4. The number of hydrogen-bond acceptors (Lipinski definition) is 4. The largest absolute Gasteiger partial charge is 1.00 e. The summed E-state index contributed by atoms with van der Waals surface area (Å²) in [6.45, 7) is 5.84. The molecule has 5 heteroatoms. The van der Waals surface area contributed by atoms with Crippen LogP contribution in [0.15, 0.2) is 0 Å². The fourth-order valence-electron chi connectivity index (χ4n) is 1.73. The summed E-state index contributed by atoms with van der Waals surface area (Å²) in [5, 5.41) is 0. The fourth-order valence-corrected chi connectivity index (χ4v) is 1.73. The summed E-state index contributed by atoms with van der Waals surface area (Å²) in [7, 11) is 0. The molecular formula is C15H30NNaO3. The minimum absolute atomic E-state index is 0. The minimum atomic E-state index is -0.710. The Kier molecular flexibility index (Phi) is 15.7. The molecule has 114 valence electrons. The fraction of sp³-hybridized carbons (Fsp3) is 0.867. The summed E-state index contributed by atoms with van der Waals surface area (Å²) in [6.07, 6.45) is 8.27. The summed E-state index contributed by atoms with van der Waals surface area (Å²) in [5.41, 5.74) is 5.60. The molecular weight excluding hydrogens is 265 g/mol. The maximum absolute atomic E-state index is 11.4. The van der Waals surface area contributed by atoms with Gasteiger partial charge >= 0.3 is 41.5 Å². The summed E-state index contributed by atoms with van der Waals surface area (Å²) in [6, 6.07) is -0.710. The molecule has 0 spiro atoms. The monoisotopic (exact) mass is 295 g/mol. The van der Waals surface area contributed by atoms with Crippen molar-refractivity contribution < 1.29 is 45.3 Å². The average molecular weight is 295 g/mol. The first-order valence-electron chi connectivity index (χ1n) is 7.49. The van der Waals surface area contributed by atoms with Gasteiger partial charge in [0.25, 0.3) is 0 Å². The zero-order valence-electron chi connectivity index (χ0n) is 14.6. The average Bonchev–Trinajstić information content (AvgIpc) is 2.36. The molecule has 0 saturated carbocycles. The van der Waals surface area contributed by atoms with Crippen LogP contribution in [0.2, 0.25) is 0 Å². The minimum Gasteiger partial charge on any atom is -1.00 e. The predicted octanol–water partition coefficient (Wildman–Crippen LogP) is 0.297. The second kappa shape index (κ2) is 14.1. The Labute approximate surface area is 147 Å². The van der Waals surface area contributed by atoms with Gasteiger partial charge in [0.05, 0.1) is 0 Å². The molecule has 0 aromatic rings.